The molecule has 0 N–H and O–H groups in total. The molecular formula is C22H27N3O2S. The Balaban J connectivity index is 1.55. The SMILES string of the molecule is Cc1cccc(OCCn2nnc3sc4c(c3c2=O)CCC(C(C)(C)C)C4)c1. The third-order valence-corrected chi connectivity index (χ3v) is 6.86. The quantitative estimate of drug-likeness (QED) is 0.655. The largest absolute Gasteiger partial charge is 0.492 e. The number of hydrogen-bond donors (Lipinski definition) is 0. The number of aromatic nitrogens is 3. The van der Waals surface area contributed by atoms with Gasteiger partial charge in [-0.25, -0.2) is 4.68 Å². The lowest BCUT2D eigenvalue weighted by atomic mass is 9.72. The molecule has 6 heteroatoms. The van der Waals surface area contributed by atoms with Gasteiger partial charge in [0, 0.05) is 4.88 Å². The first-order valence-corrected chi connectivity index (χ1v) is 10.7. The highest BCUT2D eigenvalue weighted by atomic mass is 32.1. The molecule has 1 aromatic carbocycles. The molecule has 0 bridgehead atoms. The van der Waals surface area contributed by atoms with Crippen LogP contribution in [0.25, 0.3) is 10.2 Å². The van der Waals surface area contributed by atoms with Crippen LogP contribution < -0.4 is 10.3 Å². The van der Waals surface area contributed by atoms with Gasteiger partial charge in [0.1, 0.15) is 12.4 Å². The molecule has 0 saturated heterocycles. The van der Waals surface area contributed by atoms with Crippen molar-refractivity contribution < 1.29 is 4.74 Å². The minimum atomic E-state index is -0.0375. The number of ether oxygens (including phenoxy) is 1. The van der Waals surface area contributed by atoms with Crippen LogP contribution in [-0.2, 0) is 19.4 Å². The monoisotopic (exact) mass is 397 g/mol. The first-order chi connectivity index (χ1) is 13.3. The van der Waals surface area contributed by atoms with Crippen LogP contribution in [0.4, 0.5) is 0 Å². The lowest BCUT2D eigenvalue weighted by Gasteiger charge is -2.33. The smallest absolute Gasteiger partial charge is 0.278 e. The topological polar surface area (TPSA) is 57.0 Å². The van der Waals surface area contributed by atoms with E-state index < -0.39 is 0 Å². The second-order valence-electron chi connectivity index (χ2n) is 8.77. The van der Waals surface area contributed by atoms with E-state index >= 15 is 0 Å². The van der Waals surface area contributed by atoms with E-state index in [0.717, 1.165) is 40.8 Å². The fourth-order valence-electron chi connectivity index (χ4n) is 3.97. The predicted octanol–water partition coefficient (Wildman–Crippen LogP) is 4.39. The zero-order valence-electron chi connectivity index (χ0n) is 17.0. The van der Waals surface area contributed by atoms with Gasteiger partial charge in [0.2, 0.25) is 0 Å². The summed E-state index contributed by atoms with van der Waals surface area (Å²) < 4.78 is 7.22. The zero-order valence-corrected chi connectivity index (χ0v) is 17.8. The number of thiophene rings is 1. The standard InChI is InChI=1S/C22H27N3O2S/c1-14-6-5-7-16(12-14)27-11-10-25-21(26)19-17-9-8-15(22(2,3)4)13-18(17)28-20(19)23-24-25/h5-7,12,15H,8-11,13H2,1-4H3. The Morgan fingerprint density at radius 3 is 2.89 bits per heavy atom. The van der Waals surface area contributed by atoms with Gasteiger partial charge in [-0.2, -0.15) is 0 Å². The van der Waals surface area contributed by atoms with Gasteiger partial charge in [0.25, 0.3) is 5.56 Å². The van der Waals surface area contributed by atoms with E-state index in [0.29, 0.717) is 19.1 Å². The molecule has 2 aromatic heterocycles. The maximum atomic E-state index is 13.0. The lowest BCUT2D eigenvalue weighted by Crippen LogP contribution is -2.28. The van der Waals surface area contributed by atoms with Gasteiger partial charge in [-0.05, 0) is 60.8 Å². The van der Waals surface area contributed by atoms with E-state index in [1.807, 2.05) is 31.2 Å². The van der Waals surface area contributed by atoms with E-state index in [4.69, 9.17) is 4.74 Å². The maximum Gasteiger partial charge on any atom is 0.278 e. The highest BCUT2D eigenvalue weighted by Gasteiger charge is 2.31. The van der Waals surface area contributed by atoms with E-state index in [-0.39, 0.29) is 11.0 Å². The Labute approximate surface area is 169 Å². The fraction of sp³-hybridized carbons (Fsp3) is 0.500. The molecule has 148 valence electrons. The van der Waals surface area contributed by atoms with E-state index in [1.54, 1.807) is 11.3 Å². The molecule has 0 saturated carbocycles. The molecule has 1 atom stereocenters. The fourth-order valence-corrected chi connectivity index (χ4v) is 5.20. The van der Waals surface area contributed by atoms with Gasteiger partial charge < -0.3 is 4.74 Å². The Hall–Kier alpha value is -2.21. The highest BCUT2D eigenvalue weighted by molar-refractivity contribution is 7.18. The van der Waals surface area contributed by atoms with Gasteiger partial charge >= 0.3 is 0 Å². The molecule has 1 aliphatic rings. The second kappa shape index (κ2) is 7.32. The zero-order chi connectivity index (χ0) is 19.9. The normalized spacial score (nSPS) is 16.9. The first-order valence-electron chi connectivity index (χ1n) is 9.90. The first kappa shape index (κ1) is 19.1. The van der Waals surface area contributed by atoms with Crippen molar-refractivity contribution >= 4 is 21.6 Å². The number of aryl methyl sites for hydroxylation is 2. The molecule has 0 amide bonds. The number of rotatable bonds is 4. The van der Waals surface area contributed by atoms with Crippen molar-refractivity contribution in [3.8, 4) is 5.75 Å². The average molecular weight is 398 g/mol. The van der Waals surface area contributed by atoms with Crippen LogP contribution in [0.2, 0.25) is 0 Å². The highest BCUT2D eigenvalue weighted by Crippen LogP contribution is 2.41. The van der Waals surface area contributed by atoms with Crippen molar-refractivity contribution in [2.75, 3.05) is 6.61 Å². The third-order valence-electron chi connectivity index (χ3n) is 5.72. The van der Waals surface area contributed by atoms with Crippen molar-refractivity contribution in [1.29, 1.82) is 0 Å². The summed E-state index contributed by atoms with van der Waals surface area (Å²) >= 11 is 1.65. The Kier molecular flexibility index (Phi) is 5.00. The third kappa shape index (κ3) is 3.70. The Bertz CT molecular complexity index is 1060. The molecule has 0 aliphatic heterocycles. The summed E-state index contributed by atoms with van der Waals surface area (Å²) in [7, 11) is 0. The van der Waals surface area contributed by atoms with Crippen molar-refractivity contribution in [2.45, 2.75) is 53.5 Å². The summed E-state index contributed by atoms with van der Waals surface area (Å²) in [5.74, 6) is 1.45. The van der Waals surface area contributed by atoms with Gasteiger partial charge in [0.15, 0.2) is 4.83 Å². The van der Waals surface area contributed by atoms with Crippen molar-refractivity contribution in [1.82, 2.24) is 15.0 Å². The molecule has 1 aliphatic carbocycles. The van der Waals surface area contributed by atoms with Crippen LogP contribution in [0, 0.1) is 18.3 Å². The summed E-state index contributed by atoms with van der Waals surface area (Å²) in [5.41, 5.74) is 2.60. The summed E-state index contributed by atoms with van der Waals surface area (Å²) in [6, 6.07) is 7.90. The molecule has 3 aromatic rings. The molecule has 5 nitrogen and oxygen atoms in total. The van der Waals surface area contributed by atoms with Crippen LogP contribution in [0.1, 0.15) is 43.2 Å². The van der Waals surface area contributed by atoms with E-state index in [9.17, 15) is 4.79 Å². The van der Waals surface area contributed by atoms with Crippen LogP contribution >= 0.6 is 11.3 Å². The molecular weight excluding hydrogens is 370 g/mol. The molecule has 0 spiro atoms. The van der Waals surface area contributed by atoms with E-state index in [2.05, 4.69) is 31.1 Å². The summed E-state index contributed by atoms with van der Waals surface area (Å²) in [6.07, 6.45) is 3.12. The maximum absolute atomic E-state index is 13.0. The summed E-state index contributed by atoms with van der Waals surface area (Å²) in [5, 5.41) is 9.28. The molecule has 0 radical (unpaired) electrons. The van der Waals surface area contributed by atoms with Crippen LogP contribution in [0.15, 0.2) is 29.1 Å². The number of hydrogen-bond acceptors (Lipinski definition) is 5. The van der Waals surface area contributed by atoms with Crippen molar-refractivity contribution in [2.24, 2.45) is 11.3 Å². The number of nitrogens with zero attached hydrogens (tertiary/aromatic N) is 3. The van der Waals surface area contributed by atoms with Gasteiger partial charge in [-0.1, -0.05) is 38.1 Å². The molecule has 1 unspecified atom stereocenters. The Morgan fingerprint density at radius 1 is 1.32 bits per heavy atom. The predicted molar refractivity (Wildman–Crippen MR) is 113 cm³/mol. The van der Waals surface area contributed by atoms with Crippen molar-refractivity contribution in [3.05, 3.63) is 50.6 Å². The second-order valence-corrected chi connectivity index (χ2v) is 9.86. The molecule has 0 fully saturated rings. The van der Waals surface area contributed by atoms with Gasteiger partial charge in [0.05, 0.1) is 11.9 Å². The minimum absolute atomic E-state index is 0.0375. The van der Waals surface area contributed by atoms with Gasteiger partial charge in [-0.3, -0.25) is 4.79 Å². The van der Waals surface area contributed by atoms with E-state index in [1.165, 1.54) is 15.1 Å². The average Bonchev–Trinajstić information content (AvgIpc) is 3.01. The molecule has 2 heterocycles. The van der Waals surface area contributed by atoms with Crippen LogP contribution in [0.3, 0.4) is 0 Å². The van der Waals surface area contributed by atoms with Gasteiger partial charge in [-0.15, -0.1) is 16.4 Å². The van der Waals surface area contributed by atoms with Crippen LogP contribution in [-0.4, -0.2) is 21.6 Å². The molecule has 28 heavy (non-hydrogen) atoms. The summed E-state index contributed by atoms with van der Waals surface area (Å²) in [4.78, 5) is 15.1. The summed E-state index contributed by atoms with van der Waals surface area (Å²) in [6.45, 7) is 9.72. The molecule has 4 rings (SSSR count). The van der Waals surface area contributed by atoms with Crippen molar-refractivity contribution in [3.63, 3.8) is 0 Å². The lowest BCUT2D eigenvalue weighted by molar-refractivity contribution is 0.218. The number of fused-ring (bicyclic) bond motifs is 3. The minimum Gasteiger partial charge on any atom is -0.492 e. The van der Waals surface area contributed by atoms with Crippen LogP contribution in [0.5, 0.6) is 5.75 Å². The Morgan fingerprint density at radius 2 is 2.14 bits per heavy atom. The number of benzene rings is 1.